The zero-order valence-corrected chi connectivity index (χ0v) is 19.8. The molecule has 34 heavy (non-hydrogen) atoms. The van der Waals surface area contributed by atoms with Gasteiger partial charge >= 0.3 is 0 Å². The lowest BCUT2D eigenvalue weighted by Crippen LogP contribution is -2.26. The number of carbonyl (C=O) groups excluding carboxylic acids is 2. The molecule has 3 aromatic carbocycles. The molecule has 0 saturated carbocycles. The third kappa shape index (κ3) is 4.72. The first-order valence-electron chi connectivity index (χ1n) is 10.7. The van der Waals surface area contributed by atoms with Crippen molar-refractivity contribution in [2.45, 2.75) is 31.2 Å². The van der Waals surface area contributed by atoms with E-state index in [4.69, 9.17) is 10.7 Å². The van der Waals surface area contributed by atoms with Crippen LogP contribution in [0, 0.1) is 13.8 Å². The highest BCUT2D eigenvalue weighted by Crippen LogP contribution is 2.27. The number of benzene rings is 3. The van der Waals surface area contributed by atoms with Crippen LogP contribution in [0.25, 0.3) is 16.6 Å². The van der Waals surface area contributed by atoms with Gasteiger partial charge in [-0.25, -0.2) is 4.98 Å². The summed E-state index contributed by atoms with van der Waals surface area (Å²) < 4.78 is 1.58. The maximum atomic E-state index is 13.5. The van der Waals surface area contributed by atoms with E-state index >= 15 is 0 Å². The second-order valence-corrected chi connectivity index (χ2v) is 9.34. The summed E-state index contributed by atoms with van der Waals surface area (Å²) in [5, 5.41) is 3.22. The van der Waals surface area contributed by atoms with Gasteiger partial charge in [0, 0.05) is 11.3 Å². The largest absolute Gasteiger partial charge is 0.366 e. The quantitative estimate of drug-likeness (QED) is 0.323. The summed E-state index contributed by atoms with van der Waals surface area (Å²) in [6, 6.07) is 19.4. The van der Waals surface area contributed by atoms with Crippen LogP contribution in [0.2, 0.25) is 0 Å². The topological polar surface area (TPSA) is 107 Å². The van der Waals surface area contributed by atoms with Gasteiger partial charge in [0.1, 0.15) is 0 Å². The molecule has 0 radical (unpaired) electrons. The Morgan fingerprint density at radius 1 is 1.03 bits per heavy atom. The Morgan fingerprint density at radius 2 is 1.74 bits per heavy atom. The number of nitrogens with two attached hydrogens (primary N) is 1. The number of aromatic nitrogens is 2. The number of aryl methyl sites for hydroxylation is 2. The van der Waals surface area contributed by atoms with Crippen molar-refractivity contribution >= 4 is 40.2 Å². The fourth-order valence-electron chi connectivity index (χ4n) is 3.63. The van der Waals surface area contributed by atoms with Crippen LogP contribution in [0.4, 0.5) is 5.69 Å². The number of primary amides is 1. The summed E-state index contributed by atoms with van der Waals surface area (Å²) in [6.45, 7) is 5.70. The first-order chi connectivity index (χ1) is 16.2. The highest BCUT2D eigenvalue weighted by atomic mass is 32.2. The highest BCUT2D eigenvalue weighted by molar-refractivity contribution is 8.00. The van der Waals surface area contributed by atoms with Crippen molar-refractivity contribution in [3.63, 3.8) is 0 Å². The molecular weight excluding hydrogens is 448 g/mol. The molecule has 1 aromatic heterocycles. The molecule has 0 aliphatic rings. The third-order valence-corrected chi connectivity index (χ3v) is 6.48. The zero-order chi connectivity index (χ0) is 24.4. The molecule has 2 amide bonds. The summed E-state index contributed by atoms with van der Waals surface area (Å²) in [4.78, 5) is 42.4. The molecule has 0 bridgehead atoms. The molecule has 1 unspecified atom stereocenters. The molecule has 0 spiro atoms. The molecule has 1 heterocycles. The molecule has 0 saturated heterocycles. The Balaban J connectivity index is 1.69. The molecular formula is C26H24N4O3S. The number of nitrogens with zero attached hydrogens (tertiary/aromatic N) is 2. The number of carbonyl (C=O) groups is 2. The van der Waals surface area contributed by atoms with Gasteiger partial charge in [0.25, 0.3) is 5.56 Å². The molecule has 4 aromatic rings. The minimum atomic E-state index is -0.555. The van der Waals surface area contributed by atoms with E-state index in [2.05, 4.69) is 5.32 Å². The molecule has 0 fully saturated rings. The minimum absolute atomic E-state index is 0.185. The zero-order valence-electron chi connectivity index (χ0n) is 19.0. The molecule has 172 valence electrons. The second kappa shape index (κ2) is 9.52. The van der Waals surface area contributed by atoms with Gasteiger partial charge in [0.15, 0.2) is 5.16 Å². The Bertz CT molecular complexity index is 1460. The summed E-state index contributed by atoms with van der Waals surface area (Å²) in [7, 11) is 0. The Morgan fingerprint density at radius 3 is 2.41 bits per heavy atom. The van der Waals surface area contributed by atoms with Crippen molar-refractivity contribution in [1.29, 1.82) is 0 Å². The van der Waals surface area contributed by atoms with Gasteiger partial charge in [-0.2, -0.15) is 0 Å². The molecule has 0 aliphatic carbocycles. The summed E-state index contributed by atoms with van der Waals surface area (Å²) in [5.41, 5.74) is 9.31. The molecule has 7 nitrogen and oxygen atoms in total. The fraction of sp³-hybridized carbons (Fsp3) is 0.154. The van der Waals surface area contributed by atoms with E-state index in [9.17, 15) is 14.4 Å². The van der Waals surface area contributed by atoms with Gasteiger partial charge in [-0.05, 0) is 68.8 Å². The van der Waals surface area contributed by atoms with Crippen LogP contribution in [0.5, 0.6) is 0 Å². The number of hydrogen-bond donors (Lipinski definition) is 2. The first kappa shape index (κ1) is 23.3. The van der Waals surface area contributed by atoms with Crippen LogP contribution in [-0.2, 0) is 4.79 Å². The van der Waals surface area contributed by atoms with Crippen molar-refractivity contribution in [2.24, 2.45) is 5.73 Å². The number of hydrogen-bond acceptors (Lipinski definition) is 5. The monoisotopic (exact) mass is 472 g/mol. The van der Waals surface area contributed by atoms with E-state index in [1.807, 2.05) is 44.2 Å². The lowest BCUT2D eigenvalue weighted by Gasteiger charge is -2.18. The van der Waals surface area contributed by atoms with E-state index in [0.29, 0.717) is 27.3 Å². The van der Waals surface area contributed by atoms with E-state index in [-0.39, 0.29) is 11.5 Å². The Kier molecular flexibility index (Phi) is 6.51. The van der Waals surface area contributed by atoms with Crippen molar-refractivity contribution in [2.75, 3.05) is 5.32 Å². The third-order valence-electron chi connectivity index (χ3n) is 5.43. The lowest BCUT2D eigenvalue weighted by atomic mass is 10.1. The van der Waals surface area contributed by atoms with Gasteiger partial charge in [0.2, 0.25) is 11.8 Å². The van der Waals surface area contributed by atoms with Gasteiger partial charge in [-0.3, -0.25) is 19.0 Å². The lowest BCUT2D eigenvalue weighted by molar-refractivity contribution is -0.115. The Hall–Kier alpha value is -3.91. The van der Waals surface area contributed by atoms with Crippen molar-refractivity contribution in [1.82, 2.24) is 9.55 Å². The number of fused-ring (bicyclic) bond motifs is 1. The summed E-state index contributed by atoms with van der Waals surface area (Å²) in [6.07, 6.45) is 0. The van der Waals surface area contributed by atoms with Crippen molar-refractivity contribution in [3.8, 4) is 5.69 Å². The van der Waals surface area contributed by atoms with Crippen LogP contribution >= 0.6 is 11.8 Å². The predicted octanol–water partition coefficient (Wildman–Crippen LogP) is 4.22. The van der Waals surface area contributed by atoms with Crippen LogP contribution in [-0.4, -0.2) is 26.6 Å². The van der Waals surface area contributed by atoms with Crippen LogP contribution in [0.15, 0.2) is 76.7 Å². The molecule has 4 rings (SSSR count). The molecule has 3 N–H and O–H groups in total. The number of amides is 2. The highest BCUT2D eigenvalue weighted by Gasteiger charge is 2.21. The predicted molar refractivity (Wildman–Crippen MR) is 136 cm³/mol. The number of para-hydroxylation sites is 1. The summed E-state index contributed by atoms with van der Waals surface area (Å²) in [5.74, 6) is -0.792. The normalized spacial score (nSPS) is 11.9. The maximum Gasteiger partial charge on any atom is 0.266 e. The number of anilines is 1. The number of nitrogens with one attached hydrogen (secondary N) is 1. The molecule has 1 atom stereocenters. The van der Waals surface area contributed by atoms with Crippen LogP contribution in [0.1, 0.15) is 28.4 Å². The average Bonchev–Trinajstić information content (AvgIpc) is 2.80. The SMILES string of the molecule is Cc1ccc(-n2c(SC(C)C(=O)Nc3ccc(C(N)=O)cc3)nc3ccccc3c2=O)c(C)c1. The van der Waals surface area contributed by atoms with Crippen molar-refractivity contribution < 1.29 is 9.59 Å². The standard InChI is InChI=1S/C26H24N4O3S/c1-15-8-13-22(16(2)14-15)30-25(33)20-6-4-5-7-21(20)29-26(30)34-17(3)24(32)28-19-11-9-18(10-12-19)23(27)31/h4-14,17H,1-3H3,(H2,27,31)(H,28,32). The maximum absolute atomic E-state index is 13.5. The van der Waals surface area contributed by atoms with Crippen LogP contribution < -0.4 is 16.6 Å². The van der Waals surface area contributed by atoms with Gasteiger partial charge in [-0.1, -0.05) is 41.6 Å². The minimum Gasteiger partial charge on any atom is -0.366 e. The van der Waals surface area contributed by atoms with E-state index in [0.717, 1.165) is 16.8 Å². The number of thioether (sulfide) groups is 1. The van der Waals surface area contributed by atoms with Gasteiger partial charge < -0.3 is 11.1 Å². The van der Waals surface area contributed by atoms with Crippen molar-refractivity contribution in [3.05, 3.63) is 93.8 Å². The molecule has 8 heteroatoms. The Labute approximate surface area is 201 Å². The second-order valence-electron chi connectivity index (χ2n) is 8.03. The van der Waals surface area contributed by atoms with Gasteiger partial charge in [-0.15, -0.1) is 0 Å². The van der Waals surface area contributed by atoms with E-state index < -0.39 is 11.2 Å². The van der Waals surface area contributed by atoms with E-state index in [1.165, 1.54) is 11.8 Å². The fourth-order valence-corrected chi connectivity index (χ4v) is 4.55. The summed E-state index contributed by atoms with van der Waals surface area (Å²) >= 11 is 1.21. The smallest absolute Gasteiger partial charge is 0.266 e. The average molecular weight is 473 g/mol. The molecule has 0 aliphatic heterocycles. The first-order valence-corrected chi connectivity index (χ1v) is 11.6. The van der Waals surface area contributed by atoms with Gasteiger partial charge in [0.05, 0.1) is 21.8 Å². The number of rotatable bonds is 6. The van der Waals surface area contributed by atoms with E-state index in [1.54, 1.807) is 47.9 Å². The van der Waals surface area contributed by atoms with Crippen LogP contribution in [0.3, 0.4) is 0 Å².